The van der Waals surface area contributed by atoms with E-state index in [9.17, 15) is 24.0 Å². The number of aliphatic hydroxyl groups is 2. The second-order valence-electron chi connectivity index (χ2n) is 6.82. The van der Waals surface area contributed by atoms with Gasteiger partial charge in [-0.2, -0.15) is 0 Å². The first kappa shape index (κ1) is 21.9. The molecule has 164 valence electrons. The van der Waals surface area contributed by atoms with E-state index < -0.39 is 37.5 Å². The number of phosphoric ester groups is 1. The van der Waals surface area contributed by atoms with E-state index >= 15 is 0 Å². The molecule has 1 aromatic heterocycles. The summed E-state index contributed by atoms with van der Waals surface area (Å²) in [5, 5.41) is 20.8. The van der Waals surface area contributed by atoms with Gasteiger partial charge in [0, 0.05) is 11.8 Å². The summed E-state index contributed by atoms with van der Waals surface area (Å²) in [6.45, 7) is -0.323. The number of rotatable bonds is 4. The minimum absolute atomic E-state index is 0.0136. The van der Waals surface area contributed by atoms with E-state index in [0.29, 0.717) is 0 Å². The highest BCUT2D eigenvalue weighted by Gasteiger charge is 2.50. The zero-order valence-electron chi connectivity index (χ0n) is 15.7. The highest BCUT2D eigenvalue weighted by Crippen LogP contribution is 2.57. The maximum atomic E-state index is 13.3. The average molecular weight is 470 g/mol. The quantitative estimate of drug-likeness (QED) is 0.266. The lowest BCUT2D eigenvalue weighted by Crippen LogP contribution is -2.44. The predicted molar refractivity (Wildman–Crippen MR) is 105 cm³/mol. The molecule has 0 spiro atoms. The van der Waals surface area contributed by atoms with Gasteiger partial charge < -0.3 is 19.5 Å². The smallest absolute Gasteiger partial charge is 0.404 e. The maximum Gasteiger partial charge on any atom is 0.534 e. The first-order chi connectivity index (χ1) is 14.6. The van der Waals surface area contributed by atoms with E-state index in [-0.39, 0.29) is 41.1 Å². The van der Waals surface area contributed by atoms with Crippen LogP contribution in [0.5, 0.6) is 5.75 Å². The number of phosphoric acid groups is 1. The van der Waals surface area contributed by atoms with E-state index in [0.717, 1.165) is 12.1 Å². The van der Waals surface area contributed by atoms with Gasteiger partial charge in [0.15, 0.2) is 4.77 Å². The number of aromatic nitrogens is 2. The van der Waals surface area contributed by atoms with E-state index in [4.69, 9.17) is 36.9 Å². The van der Waals surface area contributed by atoms with Gasteiger partial charge in [-0.1, -0.05) is 5.92 Å². The molecular weight excluding hydrogens is 454 g/mol. The van der Waals surface area contributed by atoms with Crippen molar-refractivity contribution in [3.05, 3.63) is 56.5 Å². The fraction of sp³-hybridized carbons (Fsp3) is 0.333. The molecule has 0 saturated carbocycles. The Bertz CT molecular complexity index is 1240. The number of nitrogens with zero attached hydrogens (tertiary/aromatic N) is 1. The second-order valence-corrected chi connectivity index (χ2v) is 8.73. The Labute approximate surface area is 179 Å². The Kier molecular flexibility index (Phi) is 5.61. The molecule has 2 aromatic rings. The molecule has 2 aliphatic rings. The van der Waals surface area contributed by atoms with Crippen LogP contribution < -0.4 is 10.1 Å². The third-order valence-corrected chi connectivity index (χ3v) is 6.38. The van der Waals surface area contributed by atoms with Crippen molar-refractivity contribution in [3.63, 3.8) is 0 Å². The minimum Gasteiger partial charge on any atom is -0.404 e. The Morgan fingerprint density at radius 3 is 2.94 bits per heavy atom. The molecule has 0 amide bonds. The first-order valence-corrected chi connectivity index (χ1v) is 10.8. The third-order valence-electron chi connectivity index (χ3n) is 4.71. The largest absolute Gasteiger partial charge is 0.534 e. The number of aromatic amines is 1. The molecule has 3 atom stereocenters. The summed E-state index contributed by atoms with van der Waals surface area (Å²) in [5.74, 6) is -1.35. The van der Waals surface area contributed by atoms with Gasteiger partial charge in [-0.05, 0) is 43.3 Å². The van der Waals surface area contributed by atoms with Crippen molar-refractivity contribution in [2.45, 2.75) is 37.8 Å². The topological polar surface area (TPSA) is 132 Å². The minimum atomic E-state index is -4.46. The fourth-order valence-electron chi connectivity index (χ4n) is 3.22. The Balaban J connectivity index is 1.50. The molecule has 0 aliphatic carbocycles. The molecule has 0 radical (unpaired) electrons. The van der Waals surface area contributed by atoms with E-state index in [1.807, 2.05) is 0 Å². The number of hydrogen-bond acceptors (Lipinski definition) is 9. The van der Waals surface area contributed by atoms with Crippen LogP contribution >= 0.6 is 20.0 Å². The van der Waals surface area contributed by atoms with E-state index in [1.54, 1.807) is 0 Å². The molecule has 10 nitrogen and oxygen atoms in total. The highest BCUT2D eigenvalue weighted by atomic mass is 32.1. The average Bonchev–Trinajstić information content (AvgIpc) is 3.19. The van der Waals surface area contributed by atoms with Crippen molar-refractivity contribution in [2.75, 3.05) is 0 Å². The van der Waals surface area contributed by atoms with Crippen LogP contribution in [0.2, 0.25) is 0 Å². The molecule has 3 heterocycles. The SMILES string of the molecule is C#Cc1cn(C2CCC(C(O)(O)OP3(=O)OCc4cc(F)ccc4O3)O2)c(=S)[nH]c1=O. The van der Waals surface area contributed by atoms with Gasteiger partial charge in [0.05, 0.1) is 6.61 Å². The van der Waals surface area contributed by atoms with E-state index in [1.165, 1.54) is 16.8 Å². The summed E-state index contributed by atoms with van der Waals surface area (Å²) in [5.41, 5.74) is -0.240. The first-order valence-electron chi connectivity index (χ1n) is 8.96. The zero-order chi connectivity index (χ0) is 22.4. The van der Waals surface area contributed by atoms with Gasteiger partial charge in [0.25, 0.3) is 5.56 Å². The zero-order valence-corrected chi connectivity index (χ0v) is 17.4. The number of ether oxygens (including phenoxy) is 1. The van der Waals surface area contributed by atoms with Gasteiger partial charge in [0.2, 0.25) is 0 Å². The highest BCUT2D eigenvalue weighted by molar-refractivity contribution is 7.71. The van der Waals surface area contributed by atoms with Crippen molar-refractivity contribution in [1.29, 1.82) is 0 Å². The number of terminal acetylenes is 1. The number of nitrogens with one attached hydrogen (secondary N) is 1. The number of H-pyrrole nitrogens is 1. The summed E-state index contributed by atoms with van der Waals surface area (Å²) in [7, 11) is -4.46. The summed E-state index contributed by atoms with van der Waals surface area (Å²) < 4.78 is 48.1. The van der Waals surface area contributed by atoms with Crippen LogP contribution in [0.15, 0.2) is 29.2 Å². The van der Waals surface area contributed by atoms with Gasteiger partial charge >= 0.3 is 13.8 Å². The summed E-state index contributed by atoms with van der Waals surface area (Å²) in [4.78, 5) is 14.1. The Morgan fingerprint density at radius 1 is 1.42 bits per heavy atom. The molecule has 1 fully saturated rings. The van der Waals surface area contributed by atoms with Crippen molar-refractivity contribution in [2.24, 2.45) is 0 Å². The standard InChI is InChI=1S/C18H16FN2O8PS/c1-2-10-8-21(17(31)20-16(10)22)15-6-5-14(27-15)18(23,24)29-30(25)26-9-11-7-12(19)3-4-13(11)28-30/h1,3-4,7-8,14-15,23-24H,5-6,9H2,(H,20,22,31). The van der Waals surface area contributed by atoms with Gasteiger partial charge in [0.1, 0.15) is 29.5 Å². The number of benzene rings is 1. The molecule has 3 unspecified atom stereocenters. The lowest BCUT2D eigenvalue weighted by molar-refractivity contribution is -0.349. The van der Waals surface area contributed by atoms with Crippen LogP contribution in [0.25, 0.3) is 0 Å². The van der Waals surface area contributed by atoms with Gasteiger partial charge in [-0.25, -0.2) is 13.5 Å². The van der Waals surface area contributed by atoms with Crippen LogP contribution in [0.3, 0.4) is 0 Å². The number of hydrogen-bond donors (Lipinski definition) is 3. The second kappa shape index (κ2) is 7.96. The summed E-state index contributed by atoms with van der Waals surface area (Å²) in [6.07, 6.45) is 4.74. The van der Waals surface area contributed by atoms with Crippen LogP contribution in [0, 0.1) is 22.9 Å². The van der Waals surface area contributed by atoms with Crippen molar-refractivity contribution in [1.82, 2.24) is 9.55 Å². The lowest BCUT2D eigenvalue weighted by atomic mass is 10.2. The fourth-order valence-corrected chi connectivity index (χ4v) is 4.79. The van der Waals surface area contributed by atoms with E-state index in [2.05, 4.69) is 10.9 Å². The number of halogens is 1. The van der Waals surface area contributed by atoms with Crippen molar-refractivity contribution >= 4 is 20.0 Å². The van der Waals surface area contributed by atoms with Crippen molar-refractivity contribution in [3.8, 4) is 18.1 Å². The molecule has 31 heavy (non-hydrogen) atoms. The van der Waals surface area contributed by atoms with Gasteiger partial charge in [-0.15, -0.1) is 6.42 Å². The maximum absolute atomic E-state index is 13.3. The Hall–Kier alpha value is -2.36. The lowest BCUT2D eigenvalue weighted by Gasteiger charge is -2.32. The normalized spacial score (nSPS) is 25.5. The summed E-state index contributed by atoms with van der Waals surface area (Å²) in [6, 6.07) is 3.44. The molecule has 1 saturated heterocycles. The molecule has 2 aliphatic heterocycles. The third kappa shape index (κ3) is 4.35. The van der Waals surface area contributed by atoms with Crippen LogP contribution in [0.4, 0.5) is 4.39 Å². The summed E-state index contributed by atoms with van der Waals surface area (Å²) >= 11 is 5.10. The molecular formula is C18H16FN2O8PS. The monoisotopic (exact) mass is 470 g/mol. The Morgan fingerprint density at radius 2 is 2.19 bits per heavy atom. The molecule has 13 heteroatoms. The van der Waals surface area contributed by atoms with Crippen LogP contribution in [-0.2, 0) is 25.0 Å². The molecule has 0 bridgehead atoms. The number of fused-ring (bicyclic) bond motifs is 1. The van der Waals surface area contributed by atoms with Crippen LogP contribution in [0.1, 0.15) is 30.2 Å². The van der Waals surface area contributed by atoms with Crippen LogP contribution in [-0.4, -0.2) is 31.8 Å². The molecule has 1 aromatic carbocycles. The predicted octanol–water partition coefficient (Wildman–Crippen LogP) is 2.08. The van der Waals surface area contributed by atoms with Crippen molar-refractivity contribution < 1.29 is 37.5 Å². The molecule has 4 rings (SSSR count). The molecule has 3 N–H and O–H groups in total. The van der Waals surface area contributed by atoms with Gasteiger partial charge in [-0.3, -0.25) is 18.9 Å².